The van der Waals surface area contributed by atoms with Gasteiger partial charge in [-0.25, -0.2) is 4.79 Å². The van der Waals surface area contributed by atoms with E-state index < -0.39 is 0 Å². The highest BCUT2D eigenvalue weighted by molar-refractivity contribution is 5.41. The van der Waals surface area contributed by atoms with Crippen LogP contribution >= 0.6 is 0 Å². The Hall–Kier alpha value is -2.07. The van der Waals surface area contributed by atoms with Gasteiger partial charge in [-0.15, -0.1) is 0 Å². The van der Waals surface area contributed by atoms with Crippen LogP contribution in [0.2, 0.25) is 0 Å². The molecule has 0 amide bonds. The van der Waals surface area contributed by atoms with Crippen LogP contribution < -0.4 is 5.63 Å². The van der Waals surface area contributed by atoms with Crippen molar-refractivity contribution in [1.29, 1.82) is 0 Å². The predicted octanol–water partition coefficient (Wildman–Crippen LogP) is 5.59. The van der Waals surface area contributed by atoms with Gasteiger partial charge in [0.2, 0.25) is 0 Å². The smallest absolute Gasteiger partial charge is 0.343 e. The van der Waals surface area contributed by atoms with Crippen LogP contribution in [0.15, 0.2) is 45.6 Å². The fraction of sp³-hybridized carbons (Fsp3) is 0.560. The molecule has 4 rings (SSSR count). The van der Waals surface area contributed by atoms with Crippen molar-refractivity contribution in [1.82, 2.24) is 0 Å². The second kappa shape index (κ2) is 9.17. The minimum Gasteiger partial charge on any atom is -0.507 e. The molecule has 156 valence electrons. The molecular weight excluding hydrogens is 364 g/mol. The first-order valence-corrected chi connectivity index (χ1v) is 11.2. The molecule has 1 saturated carbocycles. The van der Waals surface area contributed by atoms with Crippen molar-refractivity contribution >= 4 is 0 Å². The molecule has 3 unspecified atom stereocenters. The third kappa shape index (κ3) is 4.75. The molecule has 1 aliphatic carbocycles. The number of hydrogen-bond acceptors (Lipinski definition) is 4. The summed E-state index contributed by atoms with van der Waals surface area (Å²) in [5, 5.41) is 10.9. The van der Waals surface area contributed by atoms with Gasteiger partial charge in [0, 0.05) is 31.1 Å². The zero-order valence-electron chi connectivity index (χ0n) is 17.3. The van der Waals surface area contributed by atoms with E-state index in [-0.39, 0.29) is 23.2 Å². The molecule has 0 spiro atoms. The number of benzene rings is 1. The molecule has 2 aromatic rings. The molecule has 1 aliphatic heterocycles. The van der Waals surface area contributed by atoms with Gasteiger partial charge in [0.15, 0.2) is 0 Å². The Morgan fingerprint density at radius 1 is 1.17 bits per heavy atom. The van der Waals surface area contributed by atoms with Crippen molar-refractivity contribution in [3.8, 4) is 5.75 Å². The van der Waals surface area contributed by atoms with Crippen LogP contribution in [0.3, 0.4) is 0 Å². The number of hydrogen-bond donors (Lipinski definition) is 1. The quantitative estimate of drug-likeness (QED) is 0.632. The Kier molecular flexibility index (Phi) is 6.39. The van der Waals surface area contributed by atoms with Crippen LogP contribution in [0.4, 0.5) is 0 Å². The summed E-state index contributed by atoms with van der Waals surface area (Å²) in [4.78, 5) is 13.1. The van der Waals surface area contributed by atoms with E-state index in [9.17, 15) is 9.90 Å². The Bertz CT molecular complexity index is 847. The van der Waals surface area contributed by atoms with E-state index in [1.54, 1.807) is 6.07 Å². The van der Waals surface area contributed by atoms with E-state index in [0.29, 0.717) is 23.2 Å². The van der Waals surface area contributed by atoms with Crippen molar-refractivity contribution in [3.63, 3.8) is 0 Å². The van der Waals surface area contributed by atoms with Gasteiger partial charge in [-0.05, 0) is 55.9 Å². The van der Waals surface area contributed by atoms with E-state index in [4.69, 9.17) is 9.15 Å². The third-order valence-electron chi connectivity index (χ3n) is 6.46. The van der Waals surface area contributed by atoms with Crippen molar-refractivity contribution in [2.45, 2.75) is 63.7 Å². The lowest BCUT2D eigenvalue weighted by molar-refractivity contribution is 0.0475. The number of ether oxygens (including phenoxy) is 1. The SMILES string of the molecule is CCCC(CC1CCCOC1)c1cc(O)c(C(c2ccccc2)C2CC2)c(=O)o1. The normalized spacial score (nSPS) is 21.6. The highest BCUT2D eigenvalue weighted by Crippen LogP contribution is 2.48. The molecule has 4 heteroatoms. The zero-order chi connectivity index (χ0) is 20.2. The van der Waals surface area contributed by atoms with Crippen LogP contribution in [0.5, 0.6) is 5.75 Å². The molecule has 3 atom stereocenters. The molecule has 0 bridgehead atoms. The van der Waals surface area contributed by atoms with Crippen LogP contribution in [-0.2, 0) is 4.74 Å². The molecule has 1 aromatic heterocycles. The average Bonchev–Trinajstić information content (AvgIpc) is 3.56. The maximum absolute atomic E-state index is 13.1. The Morgan fingerprint density at radius 3 is 2.59 bits per heavy atom. The molecule has 2 fully saturated rings. The van der Waals surface area contributed by atoms with Crippen molar-refractivity contribution in [3.05, 3.63) is 63.7 Å². The molecular formula is C25H32O4. The van der Waals surface area contributed by atoms with Crippen molar-refractivity contribution in [2.24, 2.45) is 11.8 Å². The van der Waals surface area contributed by atoms with Crippen LogP contribution in [0, 0.1) is 11.8 Å². The lowest BCUT2D eigenvalue weighted by atomic mass is 9.85. The van der Waals surface area contributed by atoms with E-state index in [1.165, 1.54) is 0 Å². The van der Waals surface area contributed by atoms with Gasteiger partial charge in [-0.1, -0.05) is 43.7 Å². The molecule has 29 heavy (non-hydrogen) atoms. The molecule has 1 N–H and O–H groups in total. The number of aromatic hydroxyl groups is 1. The molecule has 2 aliphatic rings. The van der Waals surface area contributed by atoms with Gasteiger partial charge < -0.3 is 14.3 Å². The summed E-state index contributed by atoms with van der Waals surface area (Å²) in [5.74, 6) is 1.69. The molecule has 4 nitrogen and oxygen atoms in total. The van der Waals surface area contributed by atoms with E-state index >= 15 is 0 Å². The first kappa shape index (κ1) is 20.2. The summed E-state index contributed by atoms with van der Waals surface area (Å²) in [6.07, 6.45) is 7.33. The Morgan fingerprint density at radius 2 is 1.97 bits per heavy atom. The Labute approximate surface area is 172 Å². The minimum absolute atomic E-state index is 0.0853. The van der Waals surface area contributed by atoms with Crippen molar-refractivity contribution < 1.29 is 14.3 Å². The van der Waals surface area contributed by atoms with E-state index in [0.717, 1.165) is 63.7 Å². The second-order valence-electron chi connectivity index (χ2n) is 8.77. The molecule has 1 aromatic carbocycles. The van der Waals surface area contributed by atoms with Gasteiger partial charge in [-0.2, -0.15) is 0 Å². The summed E-state index contributed by atoms with van der Waals surface area (Å²) >= 11 is 0. The first-order chi connectivity index (χ1) is 14.2. The van der Waals surface area contributed by atoms with E-state index in [1.807, 2.05) is 30.3 Å². The van der Waals surface area contributed by atoms with Gasteiger partial charge in [0.1, 0.15) is 11.5 Å². The summed E-state index contributed by atoms with van der Waals surface area (Å²) in [6, 6.07) is 11.8. The van der Waals surface area contributed by atoms with Gasteiger partial charge in [0.25, 0.3) is 0 Å². The first-order valence-electron chi connectivity index (χ1n) is 11.2. The van der Waals surface area contributed by atoms with Crippen molar-refractivity contribution in [2.75, 3.05) is 13.2 Å². The highest BCUT2D eigenvalue weighted by Gasteiger charge is 2.37. The molecule has 0 radical (unpaired) electrons. The lowest BCUT2D eigenvalue weighted by Crippen LogP contribution is -2.21. The summed E-state index contributed by atoms with van der Waals surface area (Å²) < 4.78 is 11.5. The van der Waals surface area contributed by atoms with Crippen LogP contribution in [-0.4, -0.2) is 18.3 Å². The standard InChI is InChI=1S/C25H32O4/c1-2-7-20(14-17-8-6-13-28-16-17)22-15-21(26)24(25(27)29-22)23(19-11-12-19)18-9-4-3-5-10-18/h3-5,9-10,15,17,19-20,23,26H,2,6-8,11-14,16H2,1H3. The van der Waals surface area contributed by atoms with Gasteiger partial charge in [0.05, 0.1) is 5.56 Å². The maximum Gasteiger partial charge on any atom is 0.343 e. The Balaban J connectivity index is 1.63. The highest BCUT2D eigenvalue weighted by atomic mass is 16.5. The summed E-state index contributed by atoms with van der Waals surface area (Å²) in [7, 11) is 0. The predicted molar refractivity (Wildman–Crippen MR) is 113 cm³/mol. The molecule has 2 heterocycles. The fourth-order valence-corrected chi connectivity index (χ4v) is 4.88. The summed E-state index contributed by atoms with van der Waals surface area (Å²) in [5.41, 5.74) is 1.13. The second-order valence-corrected chi connectivity index (χ2v) is 8.77. The monoisotopic (exact) mass is 396 g/mol. The van der Waals surface area contributed by atoms with Crippen LogP contribution in [0.1, 0.15) is 80.6 Å². The topological polar surface area (TPSA) is 59.7 Å². The largest absolute Gasteiger partial charge is 0.507 e. The fourth-order valence-electron chi connectivity index (χ4n) is 4.88. The zero-order valence-corrected chi connectivity index (χ0v) is 17.3. The van der Waals surface area contributed by atoms with Crippen LogP contribution in [0.25, 0.3) is 0 Å². The van der Waals surface area contributed by atoms with Gasteiger partial charge in [-0.3, -0.25) is 0 Å². The average molecular weight is 397 g/mol. The maximum atomic E-state index is 13.1. The lowest BCUT2D eigenvalue weighted by Gasteiger charge is -2.26. The summed E-state index contributed by atoms with van der Waals surface area (Å²) in [6.45, 7) is 3.78. The van der Waals surface area contributed by atoms with Gasteiger partial charge >= 0.3 is 5.63 Å². The third-order valence-corrected chi connectivity index (χ3v) is 6.46. The molecule has 1 saturated heterocycles. The minimum atomic E-state index is -0.373. The van der Waals surface area contributed by atoms with E-state index in [2.05, 4.69) is 6.92 Å². The number of rotatable bonds is 8.